The average molecular weight is 905 g/mol. The minimum Gasteiger partial charge on any atom is -0.353 e. The van der Waals surface area contributed by atoms with Crippen LogP contribution in [-0.2, 0) is 14.4 Å². The Morgan fingerprint density at radius 1 is 0.554 bits per heavy atom. The predicted molar refractivity (Wildman–Crippen MR) is 276 cm³/mol. The summed E-state index contributed by atoms with van der Waals surface area (Å²) in [4.78, 5) is 56.0. The van der Waals surface area contributed by atoms with Crippen LogP contribution in [0.25, 0.3) is 0 Å². The van der Waals surface area contributed by atoms with Crippen LogP contribution in [0, 0.1) is 0 Å². The van der Waals surface area contributed by atoms with Gasteiger partial charge in [0.1, 0.15) is 6.04 Å². The van der Waals surface area contributed by atoms with Crippen molar-refractivity contribution in [3.05, 3.63) is 59.7 Å². The number of rotatable bonds is 44. The molecule has 0 aliphatic rings. The first-order chi connectivity index (χ1) is 31.8. The second-order valence-corrected chi connectivity index (χ2v) is 18.3. The zero-order valence-electron chi connectivity index (χ0n) is 41.8. The number of hydrogen-bond acceptors (Lipinski definition) is 6. The quantitative estimate of drug-likeness (QED) is 0.0251. The molecule has 0 saturated carbocycles. The third-order valence-electron chi connectivity index (χ3n) is 11.8. The van der Waals surface area contributed by atoms with Gasteiger partial charge in [-0.1, -0.05) is 159 Å². The molecule has 0 aliphatic carbocycles. The summed E-state index contributed by atoms with van der Waals surface area (Å²) in [6.07, 6.45) is 45.7. The van der Waals surface area contributed by atoms with Crippen LogP contribution in [0.15, 0.2) is 53.6 Å². The molecule has 0 radical (unpaired) electrons. The highest BCUT2D eigenvalue weighted by Crippen LogP contribution is 2.12. The van der Waals surface area contributed by atoms with E-state index in [0.29, 0.717) is 31.5 Å². The molecule has 10 heteroatoms. The molecular weight excluding hydrogens is 809 g/mol. The summed E-state index contributed by atoms with van der Waals surface area (Å²) in [6.45, 7) is 7.79. The van der Waals surface area contributed by atoms with Crippen LogP contribution in [0.1, 0.15) is 236 Å². The van der Waals surface area contributed by atoms with Gasteiger partial charge in [-0.15, -0.1) is 0 Å². The van der Waals surface area contributed by atoms with Crippen LogP contribution in [-0.4, -0.2) is 68.1 Å². The van der Waals surface area contributed by atoms with Gasteiger partial charge in [0.15, 0.2) is 0 Å². The van der Waals surface area contributed by atoms with Crippen LogP contribution < -0.4 is 27.0 Å². The van der Waals surface area contributed by atoms with Gasteiger partial charge in [-0.2, -0.15) is 0 Å². The molecule has 370 valence electrons. The zero-order chi connectivity index (χ0) is 47.3. The van der Waals surface area contributed by atoms with Crippen molar-refractivity contribution in [3.63, 3.8) is 0 Å². The number of nitrogens with two attached hydrogens (primary N) is 1. The molecule has 1 aromatic rings. The third kappa shape index (κ3) is 38.1. The Morgan fingerprint density at radius 3 is 1.54 bits per heavy atom. The summed E-state index contributed by atoms with van der Waals surface area (Å²) >= 11 is 0. The number of carbonyl (C=O) groups excluding carboxylic acids is 4. The van der Waals surface area contributed by atoms with Crippen LogP contribution in [0.3, 0.4) is 0 Å². The first-order valence-electron chi connectivity index (χ1n) is 26.5. The lowest BCUT2D eigenvalue weighted by Gasteiger charge is -2.19. The Labute approximate surface area is 397 Å². The maximum absolute atomic E-state index is 13.3. The average Bonchev–Trinajstić information content (AvgIpc) is 3.30. The lowest BCUT2D eigenvalue weighted by Crippen LogP contribution is -2.53. The van der Waals surface area contributed by atoms with Gasteiger partial charge in [0.25, 0.3) is 5.91 Å². The summed E-state index contributed by atoms with van der Waals surface area (Å²) in [7, 11) is 0. The number of benzene rings is 1. The fourth-order valence-electron chi connectivity index (χ4n) is 7.65. The van der Waals surface area contributed by atoms with Crippen molar-refractivity contribution in [1.29, 1.82) is 0 Å². The van der Waals surface area contributed by atoms with Gasteiger partial charge in [-0.3, -0.25) is 24.2 Å². The van der Waals surface area contributed by atoms with Gasteiger partial charge in [0.2, 0.25) is 17.7 Å². The molecule has 0 spiro atoms. The first kappa shape index (κ1) is 59.2. The largest absolute Gasteiger partial charge is 0.353 e. The fraction of sp³-hybridized carbons (Fsp3) is 0.727. The molecule has 0 bridgehead atoms. The number of unbranched alkanes of at least 4 members (excludes halogenated alkanes) is 23. The number of amides is 4. The van der Waals surface area contributed by atoms with E-state index in [1.807, 2.05) is 19.1 Å². The molecule has 4 amide bonds. The van der Waals surface area contributed by atoms with Crippen LogP contribution in [0.4, 0.5) is 0 Å². The topological polar surface area (TPSA) is 155 Å². The Hall–Kier alpha value is -3.79. The smallest absolute Gasteiger partial charge is 0.251 e. The molecule has 2 unspecified atom stereocenters. The normalized spacial score (nSPS) is 12.6. The molecule has 1 aromatic carbocycles. The summed E-state index contributed by atoms with van der Waals surface area (Å²) in [5.74, 6) is -0.722. The van der Waals surface area contributed by atoms with E-state index in [1.54, 1.807) is 18.3 Å². The van der Waals surface area contributed by atoms with E-state index in [0.717, 1.165) is 82.6 Å². The van der Waals surface area contributed by atoms with Crippen LogP contribution in [0.5, 0.6) is 0 Å². The number of nitrogens with zero attached hydrogens (tertiary/aromatic N) is 1. The predicted octanol–water partition coefficient (Wildman–Crippen LogP) is 12.1. The van der Waals surface area contributed by atoms with E-state index in [4.69, 9.17) is 5.73 Å². The van der Waals surface area contributed by atoms with Crippen LogP contribution in [0.2, 0.25) is 0 Å². The maximum Gasteiger partial charge on any atom is 0.251 e. The lowest BCUT2D eigenvalue weighted by molar-refractivity contribution is -0.129. The standard InChI is InChI=1S/C55H96N6O4/c1-4-6-8-10-12-14-16-18-20-22-24-26-28-30-32-37-52(62)60-47-51(61-53(63)38-33-31-29-27-25-23-21-19-17-15-13-11-9-7-5-2)55(65)59-45-44-57-46-49-39-41-50(42-40-49)54(64)58-43-35-34-36-48(3)56/h18-21,39-42,46,48,51H,4-17,22-38,43-45,47,56H2,1-3H3,(H,58,64)(H,59,65)(H,60,62)(H,61,63)/b20-18-,21-19-,57-46?. The highest BCUT2D eigenvalue weighted by Gasteiger charge is 2.21. The Kier molecular flexibility index (Phi) is 40.2. The van der Waals surface area contributed by atoms with E-state index in [1.165, 1.54) is 109 Å². The minimum absolute atomic E-state index is 0.0456. The van der Waals surface area contributed by atoms with Crippen molar-refractivity contribution >= 4 is 29.8 Å². The summed E-state index contributed by atoms with van der Waals surface area (Å²) in [5, 5.41) is 11.6. The molecule has 0 aromatic heterocycles. The molecular formula is C55H96N6O4. The Balaban J connectivity index is 2.47. The minimum atomic E-state index is -0.865. The lowest BCUT2D eigenvalue weighted by atomic mass is 10.1. The SMILES string of the molecule is CCCCCCCC/C=C\CCCCCCCC(=O)NCC(NC(=O)CCCCCCC/C=C\CCCCCCCC)C(=O)NCCN=Cc1ccc(C(=O)NCCCCC(C)N)cc1. The Morgan fingerprint density at radius 2 is 1.03 bits per heavy atom. The monoisotopic (exact) mass is 905 g/mol. The van der Waals surface area contributed by atoms with Gasteiger partial charge in [-0.25, -0.2) is 0 Å². The van der Waals surface area contributed by atoms with Gasteiger partial charge < -0.3 is 27.0 Å². The van der Waals surface area contributed by atoms with Gasteiger partial charge >= 0.3 is 0 Å². The number of carbonyl (C=O) groups is 4. The van der Waals surface area contributed by atoms with E-state index in [-0.39, 0.29) is 42.8 Å². The van der Waals surface area contributed by atoms with Crippen molar-refractivity contribution in [1.82, 2.24) is 21.3 Å². The molecule has 65 heavy (non-hydrogen) atoms. The summed E-state index contributed by atoms with van der Waals surface area (Å²) in [6, 6.07) is 6.54. The van der Waals surface area contributed by atoms with Gasteiger partial charge in [0, 0.05) is 50.3 Å². The molecule has 2 atom stereocenters. The highest BCUT2D eigenvalue weighted by atomic mass is 16.2. The molecule has 0 aliphatic heterocycles. The van der Waals surface area contributed by atoms with Crippen molar-refractivity contribution in [2.75, 3.05) is 26.2 Å². The van der Waals surface area contributed by atoms with Gasteiger partial charge in [0.05, 0.1) is 6.54 Å². The van der Waals surface area contributed by atoms with E-state index in [2.05, 4.69) is 64.4 Å². The zero-order valence-corrected chi connectivity index (χ0v) is 41.8. The third-order valence-corrected chi connectivity index (χ3v) is 11.8. The summed E-state index contributed by atoms with van der Waals surface area (Å²) in [5.41, 5.74) is 7.23. The maximum atomic E-state index is 13.3. The second kappa shape index (κ2) is 44.1. The molecule has 0 fully saturated rings. The number of allylic oxidation sites excluding steroid dienone is 4. The number of aliphatic imine (C=N–C) groups is 1. The molecule has 6 N–H and O–H groups in total. The number of nitrogens with one attached hydrogen (secondary N) is 4. The van der Waals surface area contributed by atoms with E-state index < -0.39 is 6.04 Å². The highest BCUT2D eigenvalue weighted by molar-refractivity contribution is 5.95. The van der Waals surface area contributed by atoms with Crippen molar-refractivity contribution < 1.29 is 19.2 Å². The molecule has 0 saturated heterocycles. The molecule has 0 heterocycles. The van der Waals surface area contributed by atoms with Crippen molar-refractivity contribution in [2.45, 2.75) is 232 Å². The van der Waals surface area contributed by atoms with Crippen LogP contribution >= 0.6 is 0 Å². The van der Waals surface area contributed by atoms with E-state index >= 15 is 0 Å². The number of hydrogen-bond donors (Lipinski definition) is 5. The van der Waals surface area contributed by atoms with Crippen molar-refractivity contribution in [3.8, 4) is 0 Å². The fourth-order valence-corrected chi connectivity index (χ4v) is 7.65. The Bertz CT molecular complexity index is 1410. The van der Waals surface area contributed by atoms with Gasteiger partial charge in [-0.05, 0) is 102 Å². The first-order valence-corrected chi connectivity index (χ1v) is 26.5. The van der Waals surface area contributed by atoms with E-state index in [9.17, 15) is 19.2 Å². The molecule has 10 nitrogen and oxygen atoms in total. The molecule has 1 rings (SSSR count). The van der Waals surface area contributed by atoms with Crippen molar-refractivity contribution in [2.24, 2.45) is 10.7 Å². The summed E-state index contributed by atoms with van der Waals surface area (Å²) < 4.78 is 0. The second-order valence-electron chi connectivity index (χ2n) is 18.3.